The van der Waals surface area contributed by atoms with Crippen LogP contribution in [-0.2, 0) is 10.3 Å². The molecule has 4 rings (SSSR count). The van der Waals surface area contributed by atoms with Gasteiger partial charge in [0.05, 0.1) is 37.8 Å². The number of methoxy groups -OCH3 is 3. The molecule has 1 aliphatic carbocycles. The average Bonchev–Trinajstić information content (AvgIpc) is 3.27. The Morgan fingerprint density at radius 1 is 0.806 bits per heavy atom. The topological polar surface area (TPSA) is 45.5 Å². The number of hydrogen-bond donors (Lipinski definition) is 0. The molecule has 0 fully saturated rings. The second kappa shape index (κ2) is 9.02. The normalized spacial score (nSPS) is 13.9. The van der Waals surface area contributed by atoms with E-state index in [4.69, 9.17) is 19.3 Å². The maximum Gasteiger partial charge on any atom is 0.134 e. The summed E-state index contributed by atoms with van der Waals surface area (Å²) in [4.78, 5) is 0. The van der Waals surface area contributed by atoms with Crippen LogP contribution in [-0.4, -0.2) is 31.1 Å². The summed E-state index contributed by atoms with van der Waals surface area (Å²) in [5.41, 5.74) is 2.77. The molecule has 0 saturated carbocycles. The second-order valence-electron chi connectivity index (χ2n) is 7.30. The Kier molecular flexibility index (Phi) is 6.18. The third-order valence-corrected chi connectivity index (χ3v) is 6.16. The van der Waals surface area contributed by atoms with Gasteiger partial charge in [0.2, 0.25) is 0 Å². The maximum atomic E-state index is 5.49. The van der Waals surface area contributed by atoms with Crippen molar-refractivity contribution in [3.05, 3.63) is 100 Å². The summed E-state index contributed by atoms with van der Waals surface area (Å²) in [7, 11) is 5.07. The molecule has 0 spiro atoms. The Hall–Kier alpha value is -2.99. The molecular formula is C25H25BrN2O3. The van der Waals surface area contributed by atoms with E-state index in [0.29, 0.717) is 0 Å². The van der Waals surface area contributed by atoms with Crippen LogP contribution < -0.4 is 9.47 Å². The van der Waals surface area contributed by atoms with Crippen LogP contribution >= 0.6 is 15.9 Å². The number of ether oxygens (including phenoxy) is 3. The largest absolute Gasteiger partial charge is 0.501 e. The summed E-state index contributed by atoms with van der Waals surface area (Å²) in [6.07, 6.45) is 9.73. The number of benzene rings is 2. The van der Waals surface area contributed by atoms with Crippen LogP contribution in [0.1, 0.15) is 24.0 Å². The van der Waals surface area contributed by atoms with Crippen LogP contribution in [0, 0.1) is 0 Å². The third kappa shape index (κ3) is 3.88. The van der Waals surface area contributed by atoms with E-state index in [9.17, 15) is 0 Å². The zero-order chi connectivity index (χ0) is 21.8. The molecule has 1 aromatic heterocycles. The minimum absolute atomic E-state index is 0.639. The molecule has 0 unspecified atom stereocenters. The van der Waals surface area contributed by atoms with Gasteiger partial charge in [-0.3, -0.25) is 4.68 Å². The molecule has 160 valence electrons. The van der Waals surface area contributed by atoms with Crippen LogP contribution in [0.3, 0.4) is 0 Å². The zero-order valence-electron chi connectivity index (χ0n) is 17.8. The Morgan fingerprint density at radius 3 is 1.77 bits per heavy atom. The smallest absolute Gasteiger partial charge is 0.134 e. The number of hydrogen-bond acceptors (Lipinski definition) is 4. The van der Waals surface area contributed by atoms with E-state index < -0.39 is 5.54 Å². The fraction of sp³-hybridized carbons (Fsp3) is 0.240. The van der Waals surface area contributed by atoms with E-state index in [1.165, 1.54) is 5.57 Å². The van der Waals surface area contributed by atoms with E-state index in [1.54, 1.807) is 21.3 Å². The van der Waals surface area contributed by atoms with Gasteiger partial charge >= 0.3 is 0 Å². The Balaban J connectivity index is 2.02. The van der Waals surface area contributed by atoms with E-state index in [-0.39, 0.29) is 0 Å². The standard InChI is InChI=1S/C25H25BrN2O3/c1-29-22-10-4-18(5-11-22)25(28-17-21(26)16-27-28,19-6-12-23(30-2)13-7-19)20-8-14-24(31-3)15-9-20/h4-8,10-14,16-17H,9,15H2,1-3H3. The van der Waals surface area contributed by atoms with E-state index in [1.807, 2.05) is 41.3 Å². The first-order valence-electron chi connectivity index (χ1n) is 10.1. The highest BCUT2D eigenvalue weighted by molar-refractivity contribution is 9.10. The first kappa shape index (κ1) is 21.2. The first-order valence-corrected chi connectivity index (χ1v) is 10.8. The maximum absolute atomic E-state index is 5.49. The molecule has 1 heterocycles. The van der Waals surface area contributed by atoms with Crippen LogP contribution in [0.4, 0.5) is 0 Å². The molecule has 5 nitrogen and oxygen atoms in total. The highest BCUT2D eigenvalue weighted by Gasteiger charge is 2.41. The van der Waals surface area contributed by atoms with Gasteiger partial charge < -0.3 is 14.2 Å². The summed E-state index contributed by atoms with van der Waals surface area (Å²) in [6.45, 7) is 0. The Labute approximate surface area is 191 Å². The summed E-state index contributed by atoms with van der Waals surface area (Å²) in [6, 6.07) is 16.4. The number of nitrogens with zero attached hydrogens (tertiary/aromatic N) is 2. The molecule has 0 aliphatic heterocycles. The SMILES string of the molecule is COC1=CC=C(C(c2ccc(OC)cc2)(c2ccc(OC)cc2)n2cc(Br)cn2)CC1. The van der Waals surface area contributed by atoms with Crippen molar-refractivity contribution >= 4 is 15.9 Å². The fourth-order valence-electron chi connectivity index (χ4n) is 4.19. The minimum atomic E-state index is -0.639. The molecule has 31 heavy (non-hydrogen) atoms. The lowest BCUT2D eigenvalue weighted by Crippen LogP contribution is -2.39. The van der Waals surface area contributed by atoms with Gasteiger partial charge in [-0.25, -0.2) is 0 Å². The van der Waals surface area contributed by atoms with Crippen molar-refractivity contribution in [3.63, 3.8) is 0 Å². The zero-order valence-corrected chi connectivity index (χ0v) is 19.4. The Bertz CT molecular complexity index is 1050. The van der Waals surface area contributed by atoms with Crippen molar-refractivity contribution in [2.75, 3.05) is 21.3 Å². The number of rotatable bonds is 7. The van der Waals surface area contributed by atoms with Crippen LogP contribution in [0.25, 0.3) is 0 Å². The predicted octanol–water partition coefficient (Wildman–Crippen LogP) is 5.71. The van der Waals surface area contributed by atoms with Crippen molar-refractivity contribution in [1.29, 1.82) is 0 Å². The number of aromatic nitrogens is 2. The summed E-state index contributed by atoms with van der Waals surface area (Å²) < 4.78 is 19.3. The molecule has 0 atom stereocenters. The van der Waals surface area contributed by atoms with Gasteiger partial charge in [-0.2, -0.15) is 5.10 Å². The van der Waals surface area contributed by atoms with Gasteiger partial charge in [0.15, 0.2) is 0 Å². The lowest BCUT2D eigenvalue weighted by molar-refractivity contribution is 0.272. The second-order valence-corrected chi connectivity index (χ2v) is 8.22. The van der Waals surface area contributed by atoms with Crippen molar-refractivity contribution in [2.24, 2.45) is 0 Å². The van der Waals surface area contributed by atoms with Gasteiger partial charge in [0.1, 0.15) is 17.0 Å². The fourth-order valence-corrected chi connectivity index (χ4v) is 4.47. The Morgan fingerprint density at radius 2 is 1.39 bits per heavy atom. The lowest BCUT2D eigenvalue weighted by Gasteiger charge is -2.39. The minimum Gasteiger partial charge on any atom is -0.501 e. The highest BCUT2D eigenvalue weighted by Crippen LogP contribution is 2.45. The molecule has 6 heteroatoms. The molecule has 0 N–H and O–H groups in total. The first-order chi connectivity index (χ1) is 15.1. The number of halogens is 1. The average molecular weight is 481 g/mol. The molecule has 0 saturated heterocycles. The molecule has 3 aromatic rings. The highest BCUT2D eigenvalue weighted by atomic mass is 79.9. The molecule has 0 amide bonds. The predicted molar refractivity (Wildman–Crippen MR) is 125 cm³/mol. The van der Waals surface area contributed by atoms with Gasteiger partial charge in [-0.05, 0) is 69.4 Å². The van der Waals surface area contributed by atoms with Gasteiger partial charge in [0.25, 0.3) is 0 Å². The third-order valence-electron chi connectivity index (χ3n) is 5.75. The van der Waals surface area contributed by atoms with Crippen molar-refractivity contribution in [2.45, 2.75) is 18.4 Å². The van der Waals surface area contributed by atoms with Gasteiger partial charge in [-0.15, -0.1) is 0 Å². The van der Waals surface area contributed by atoms with Crippen molar-refractivity contribution in [1.82, 2.24) is 9.78 Å². The molecular weight excluding hydrogens is 456 g/mol. The van der Waals surface area contributed by atoms with Gasteiger partial charge in [0, 0.05) is 12.6 Å². The lowest BCUT2D eigenvalue weighted by atomic mass is 9.74. The van der Waals surface area contributed by atoms with E-state index in [2.05, 4.69) is 52.3 Å². The quantitative estimate of drug-likeness (QED) is 0.434. The van der Waals surface area contributed by atoms with E-state index >= 15 is 0 Å². The van der Waals surface area contributed by atoms with Gasteiger partial charge in [-0.1, -0.05) is 30.3 Å². The summed E-state index contributed by atoms with van der Waals surface area (Å²) >= 11 is 3.59. The van der Waals surface area contributed by atoms with Crippen molar-refractivity contribution in [3.8, 4) is 11.5 Å². The molecule has 0 radical (unpaired) electrons. The number of allylic oxidation sites excluding steroid dienone is 4. The van der Waals surface area contributed by atoms with Crippen LogP contribution in [0.5, 0.6) is 11.5 Å². The monoisotopic (exact) mass is 480 g/mol. The molecule has 2 aromatic carbocycles. The van der Waals surface area contributed by atoms with E-state index in [0.717, 1.165) is 45.7 Å². The summed E-state index contributed by atoms with van der Waals surface area (Å²) in [5, 5.41) is 4.76. The molecule has 0 bridgehead atoms. The van der Waals surface area contributed by atoms with Crippen LogP contribution in [0.15, 0.2) is 88.9 Å². The van der Waals surface area contributed by atoms with Crippen molar-refractivity contribution < 1.29 is 14.2 Å². The summed E-state index contributed by atoms with van der Waals surface area (Å²) in [5.74, 6) is 2.60. The van der Waals surface area contributed by atoms with Crippen LogP contribution in [0.2, 0.25) is 0 Å². The molecule has 1 aliphatic rings.